The molecule has 6 heteroatoms. The van der Waals surface area contributed by atoms with Crippen molar-refractivity contribution in [1.29, 1.82) is 0 Å². The number of para-hydroxylation sites is 1. The predicted octanol–water partition coefficient (Wildman–Crippen LogP) is 5.92. The number of hydrogen-bond donors (Lipinski definition) is 1. The first kappa shape index (κ1) is 19.3. The highest BCUT2D eigenvalue weighted by Gasteiger charge is 2.33. The van der Waals surface area contributed by atoms with Gasteiger partial charge in [-0.15, -0.1) is 0 Å². The van der Waals surface area contributed by atoms with Crippen LogP contribution in [0.3, 0.4) is 0 Å². The molecule has 1 aliphatic heterocycles. The van der Waals surface area contributed by atoms with E-state index in [1.165, 1.54) is 43.5 Å². The molecule has 0 bridgehead atoms. The van der Waals surface area contributed by atoms with Crippen LogP contribution in [0.5, 0.6) is 0 Å². The van der Waals surface area contributed by atoms with Gasteiger partial charge in [0, 0.05) is 18.8 Å². The Morgan fingerprint density at radius 1 is 0.926 bits per heavy atom. The van der Waals surface area contributed by atoms with Crippen LogP contribution < -0.4 is 10.3 Å². The van der Waals surface area contributed by atoms with Crippen molar-refractivity contribution in [2.45, 2.75) is 38.8 Å². The minimum atomic E-state index is -4.41. The Morgan fingerprint density at radius 2 is 1.56 bits per heavy atom. The molecule has 2 aromatic carbocycles. The maximum atomic E-state index is 13.1. The number of rotatable bonds is 4. The average molecular weight is 375 g/mol. The minimum absolute atomic E-state index is 0.0504. The van der Waals surface area contributed by atoms with E-state index < -0.39 is 11.7 Å². The van der Waals surface area contributed by atoms with Gasteiger partial charge < -0.3 is 4.90 Å². The zero-order valence-electron chi connectivity index (χ0n) is 15.4. The Morgan fingerprint density at radius 3 is 2.19 bits per heavy atom. The fourth-order valence-corrected chi connectivity index (χ4v) is 3.28. The van der Waals surface area contributed by atoms with Gasteiger partial charge in [0.05, 0.1) is 17.0 Å². The Bertz CT molecular complexity index is 774. The first-order valence-electron chi connectivity index (χ1n) is 9.27. The average Bonchev–Trinajstić information content (AvgIpc) is 2.95. The predicted molar refractivity (Wildman–Crippen MR) is 104 cm³/mol. The summed E-state index contributed by atoms with van der Waals surface area (Å²) in [6, 6.07) is 13.4. The normalized spacial score (nSPS) is 16.1. The van der Waals surface area contributed by atoms with Gasteiger partial charge in [-0.25, -0.2) is 0 Å². The van der Waals surface area contributed by atoms with E-state index in [4.69, 9.17) is 0 Å². The highest BCUT2D eigenvalue weighted by Crippen LogP contribution is 2.34. The highest BCUT2D eigenvalue weighted by atomic mass is 19.4. The van der Waals surface area contributed by atoms with Crippen LogP contribution in [0, 0.1) is 0 Å². The number of benzene rings is 2. The zero-order chi connectivity index (χ0) is 19.3. The molecule has 2 aromatic rings. The minimum Gasteiger partial charge on any atom is -0.372 e. The monoisotopic (exact) mass is 375 g/mol. The molecule has 3 nitrogen and oxygen atoms in total. The topological polar surface area (TPSA) is 27.6 Å². The lowest BCUT2D eigenvalue weighted by atomic mass is 10.1. The van der Waals surface area contributed by atoms with Crippen LogP contribution in [0.25, 0.3) is 0 Å². The molecule has 1 aliphatic rings. The fraction of sp³-hybridized carbons (Fsp3) is 0.381. The van der Waals surface area contributed by atoms with Crippen LogP contribution in [0.2, 0.25) is 0 Å². The number of alkyl halides is 3. The molecule has 3 rings (SSSR count). The summed E-state index contributed by atoms with van der Waals surface area (Å²) in [6.07, 6.45) is 0.578. The van der Waals surface area contributed by atoms with E-state index >= 15 is 0 Å². The molecular weight excluding hydrogens is 351 g/mol. The molecule has 0 spiro atoms. The van der Waals surface area contributed by atoms with Crippen molar-refractivity contribution in [2.24, 2.45) is 5.10 Å². The van der Waals surface area contributed by atoms with Crippen molar-refractivity contribution in [3.8, 4) is 0 Å². The molecule has 1 N–H and O–H groups in total. The van der Waals surface area contributed by atoms with Crippen LogP contribution >= 0.6 is 0 Å². The first-order chi connectivity index (χ1) is 12.9. The van der Waals surface area contributed by atoms with Gasteiger partial charge in [0.15, 0.2) is 0 Å². The number of halogens is 3. The van der Waals surface area contributed by atoms with E-state index in [9.17, 15) is 13.2 Å². The lowest BCUT2D eigenvalue weighted by molar-refractivity contribution is -0.136. The summed E-state index contributed by atoms with van der Waals surface area (Å²) in [5.41, 5.74) is 4.49. The smallest absolute Gasteiger partial charge is 0.372 e. The van der Waals surface area contributed by atoms with Crippen molar-refractivity contribution in [1.82, 2.24) is 0 Å². The third-order valence-electron chi connectivity index (χ3n) is 4.83. The summed E-state index contributed by atoms with van der Waals surface area (Å²) >= 11 is 0. The summed E-state index contributed by atoms with van der Waals surface area (Å²) in [5.74, 6) is 0. The summed E-state index contributed by atoms with van der Waals surface area (Å²) in [4.78, 5) is 2.39. The quantitative estimate of drug-likeness (QED) is 0.530. The molecule has 144 valence electrons. The number of nitrogens with one attached hydrogen (secondary N) is 1. The summed E-state index contributed by atoms with van der Waals surface area (Å²) < 4.78 is 39.2. The van der Waals surface area contributed by atoms with Crippen molar-refractivity contribution in [3.05, 3.63) is 59.7 Å². The van der Waals surface area contributed by atoms with Gasteiger partial charge in [-0.3, -0.25) is 5.43 Å². The zero-order valence-corrected chi connectivity index (χ0v) is 15.4. The molecule has 0 aromatic heterocycles. The molecular formula is C21H24F3N3. The molecule has 0 aliphatic carbocycles. The van der Waals surface area contributed by atoms with E-state index in [0.717, 1.165) is 24.7 Å². The van der Waals surface area contributed by atoms with Gasteiger partial charge in [0.25, 0.3) is 0 Å². The van der Waals surface area contributed by atoms with Gasteiger partial charge in [-0.2, -0.15) is 18.3 Å². The molecule has 1 heterocycles. The third-order valence-corrected chi connectivity index (χ3v) is 4.83. The van der Waals surface area contributed by atoms with Crippen LogP contribution in [0.15, 0.2) is 53.6 Å². The molecule has 0 unspecified atom stereocenters. The maximum absolute atomic E-state index is 13.1. The third kappa shape index (κ3) is 5.02. The number of anilines is 2. The fourth-order valence-electron chi connectivity index (χ4n) is 3.28. The Balaban J connectivity index is 1.72. The van der Waals surface area contributed by atoms with Gasteiger partial charge >= 0.3 is 6.18 Å². The van der Waals surface area contributed by atoms with Gasteiger partial charge in [-0.1, -0.05) is 37.1 Å². The van der Waals surface area contributed by atoms with Crippen molar-refractivity contribution < 1.29 is 13.2 Å². The Kier molecular flexibility index (Phi) is 6.04. The van der Waals surface area contributed by atoms with E-state index in [1.54, 1.807) is 13.0 Å². The van der Waals surface area contributed by atoms with E-state index in [-0.39, 0.29) is 5.69 Å². The van der Waals surface area contributed by atoms with E-state index in [0.29, 0.717) is 5.71 Å². The van der Waals surface area contributed by atoms with Crippen LogP contribution in [0.4, 0.5) is 24.5 Å². The SMILES string of the molecule is C/C(=N/Nc1ccccc1C(F)(F)F)c1ccc(N2CCCCCC2)cc1. The summed E-state index contributed by atoms with van der Waals surface area (Å²) in [7, 11) is 0. The van der Waals surface area contributed by atoms with Gasteiger partial charge in [0.1, 0.15) is 0 Å². The molecule has 0 radical (unpaired) electrons. The van der Waals surface area contributed by atoms with Crippen molar-refractivity contribution in [3.63, 3.8) is 0 Å². The Hall–Kier alpha value is -2.50. The second kappa shape index (κ2) is 8.46. The van der Waals surface area contributed by atoms with Gasteiger partial charge in [-0.05, 0) is 49.6 Å². The van der Waals surface area contributed by atoms with E-state index in [2.05, 4.69) is 27.6 Å². The van der Waals surface area contributed by atoms with Crippen LogP contribution in [0.1, 0.15) is 43.7 Å². The lowest BCUT2D eigenvalue weighted by Crippen LogP contribution is -2.23. The number of nitrogens with zero attached hydrogens (tertiary/aromatic N) is 2. The van der Waals surface area contributed by atoms with Crippen molar-refractivity contribution >= 4 is 17.1 Å². The molecule has 0 amide bonds. The van der Waals surface area contributed by atoms with Crippen molar-refractivity contribution in [2.75, 3.05) is 23.4 Å². The summed E-state index contributed by atoms with van der Waals surface area (Å²) in [6.45, 7) is 3.93. The number of hydrazone groups is 1. The summed E-state index contributed by atoms with van der Waals surface area (Å²) in [5, 5.41) is 4.15. The lowest BCUT2D eigenvalue weighted by Gasteiger charge is -2.22. The molecule has 0 saturated carbocycles. The second-order valence-corrected chi connectivity index (χ2v) is 6.80. The maximum Gasteiger partial charge on any atom is 0.418 e. The second-order valence-electron chi connectivity index (χ2n) is 6.80. The van der Waals surface area contributed by atoms with Crippen LogP contribution in [-0.2, 0) is 6.18 Å². The number of hydrogen-bond acceptors (Lipinski definition) is 3. The van der Waals surface area contributed by atoms with Gasteiger partial charge in [0.2, 0.25) is 0 Å². The van der Waals surface area contributed by atoms with E-state index in [1.807, 2.05) is 12.1 Å². The standard InChI is InChI=1S/C21H24F3N3/c1-16(25-26-20-9-5-4-8-19(20)21(22,23)24)17-10-12-18(13-11-17)27-14-6-2-3-7-15-27/h4-5,8-13,26H,2-3,6-7,14-15H2,1H3/b25-16-. The largest absolute Gasteiger partial charge is 0.418 e. The molecule has 27 heavy (non-hydrogen) atoms. The Labute approximate surface area is 157 Å². The molecule has 1 fully saturated rings. The highest BCUT2D eigenvalue weighted by molar-refractivity contribution is 5.99. The van der Waals surface area contributed by atoms with Crippen LogP contribution in [-0.4, -0.2) is 18.8 Å². The first-order valence-corrected chi connectivity index (χ1v) is 9.27. The molecule has 1 saturated heterocycles. The molecule has 0 atom stereocenters.